The summed E-state index contributed by atoms with van der Waals surface area (Å²) in [7, 11) is -0.475. The zero-order valence-corrected chi connectivity index (χ0v) is 16.8. The third-order valence-electron chi connectivity index (χ3n) is 5.68. The van der Waals surface area contributed by atoms with Gasteiger partial charge in [0.25, 0.3) is 5.91 Å². The molecule has 1 aliphatic heterocycles. The van der Waals surface area contributed by atoms with Crippen molar-refractivity contribution in [2.24, 2.45) is 0 Å². The van der Waals surface area contributed by atoms with E-state index in [1.54, 1.807) is 10.6 Å². The third kappa shape index (κ3) is 3.10. The zero-order valence-electron chi connectivity index (χ0n) is 16.8. The summed E-state index contributed by atoms with van der Waals surface area (Å²) in [6.07, 6.45) is 3.41. The molecule has 28 heavy (non-hydrogen) atoms. The topological polar surface area (TPSA) is 64.9 Å². The summed E-state index contributed by atoms with van der Waals surface area (Å²) in [4.78, 5) is 17.1. The lowest BCUT2D eigenvalue weighted by Gasteiger charge is -2.32. The summed E-state index contributed by atoms with van der Waals surface area (Å²) in [5.41, 5.74) is 2.94. The highest BCUT2D eigenvalue weighted by atomic mass is 16.7. The number of anilines is 1. The minimum absolute atomic E-state index is 0.215. The first kappa shape index (κ1) is 18.7. The Balaban J connectivity index is 1.61. The van der Waals surface area contributed by atoms with Gasteiger partial charge in [-0.3, -0.25) is 9.20 Å². The van der Waals surface area contributed by atoms with E-state index in [0.29, 0.717) is 5.69 Å². The lowest BCUT2D eigenvalue weighted by atomic mass is 9.78. The fourth-order valence-corrected chi connectivity index (χ4v) is 3.19. The quantitative estimate of drug-likeness (QED) is 0.712. The van der Waals surface area contributed by atoms with Crippen molar-refractivity contribution >= 4 is 29.8 Å². The van der Waals surface area contributed by atoms with Gasteiger partial charge < -0.3 is 14.6 Å². The van der Waals surface area contributed by atoms with Gasteiger partial charge in [0, 0.05) is 11.9 Å². The minimum Gasteiger partial charge on any atom is -0.399 e. The molecule has 7 heteroatoms. The van der Waals surface area contributed by atoms with Crippen LogP contribution in [-0.2, 0) is 9.31 Å². The molecule has 0 spiro atoms. The van der Waals surface area contributed by atoms with Gasteiger partial charge in [-0.25, -0.2) is 4.98 Å². The molecule has 3 heterocycles. The predicted molar refractivity (Wildman–Crippen MR) is 110 cm³/mol. The molecular formula is C21H24BN3O3. The van der Waals surface area contributed by atoms with Crippen LogP contribution in [0.3, 0.4) is 0 Å². The van der Waals surface area contributed by atoms with E-state index in [1.807, 2.05) is 77.2 Å². The summed E-state index contributed by atoms with van der Waals surface area (Å²) in [5.74, 6) is -0.215. The van der Waals surface area contributed by atoms with Gasteiger partial charge in [0.1, 0.15) is 11.3 Å². The number of aryl methyl sites for hydroxylation is 1. The van der Waals surface area contributed by atoms with Gasteiger partial charge in [-0.15, -0.1) is 0 Å². The average molecular weight is 377 g/mol. The number of aromatic nitrogens is 2. The number of hydrogen-bond acceptors (Lipinski definition) is 4. The van der Waals surface area contributed by atoms with Crippen LogP contribution < -0.4 is 10.8 Å². The Bertz CT molecular complexity index is 1040. The van der Waals surface area contributed by atoms with Crippen molar-refractivity contribution in [3.63, 3.8) is 0 Å². The highest BCUT2D eigenvalue weighted by Gasteiger charge is 2.51. The van der Waals surface area contributed by atoms with Gasteiger partial charge in [0.05, 0.1) is 17.4 Å². The molecule has 4 rings (SSSR count). The van der Waals surface area contributed by atoms with Gasteiger partial charge in [-0.2, -0.15) is 0 Å². The van der Waals surface area contributed by atoms with Crippen LogP contribution in [0.1, 0.15) is 43.7 Å². The molecule has 0 saturated carbocycles. The minimum atomic E-state index is -0.475. The molecule has 1 saturated heterocycles. The first-order chi connectivity index (χ1) is 13.2. The number of amides is 1. The number of benzene rings is 1. The van der Waals surface area contributed by atoms with Crippen LogP contribution in [0.25, 0.3) is 5.65 Å². The van der Waals surface area contributed by atoms with Crippen LogP contribution in [0.4, 0.5) is 5.69 Å². The first-order valence-corrected chi connectivity index (χ1v) is 9.38. The Hall–Kier alpha value is -2.64. The number of fused-ring (bicyclic) bond motifs is 1. The van der Waals surface area contributed by atoms with Gasteiger partial charge >= 0.3 is 7.12 Å². The maximum atomic E-state index is 12.8. The Kier molecular flexibility index (Phi) is 4.32. The van der Waals surface area contributed by atoms with Crippen LogP contribution in [0.15, 0.2) is 48.8 Å². The second kappa shape index (κ2) is 6.46. The van der Waals surface area contributed by atoms with Crippen molar-refractivity contribution in [1.29, 1.82) is 0 Å². The zero-order chi connectivity index (χ0) is 20.1. The molecule has 6 nitrogen and oxygen atoms in total. The molecule has 0 aliphatic carbocycles. The summed E-state index contributed by atoms with van der Waals surface area (Å²) >= 11 is 0. The molecule has 1 aliphatic rings. The standard InChI is InChI=1S/C21H24BN3O3/c1-14-9-10-15(22-27-20(2,3)21(4,5)28-22)12-16(14)24-19(26)17-13-23-18-8-6-7-11-25(17)18/h6-13H,1-5H3,(H,24,26). The monoisotopic (exact) mass is 377 g/mol. The van der Waals surface area contributed by atoms with Crippen molar-refractivity contribution in [2.75, 3.05) is 5.32 Å². The van der Waals surface area contributed by atoms with Crippen molar-refractivity contribution in [2.45, 2.75) is 45.8 Å². The van der Waals surface area contributed by atoms with Gasteiger partial charge in [-0.05, 0) is 63.8 Å². The summed E-state index contributed by atoms with van der Waals surface area (Å²) in [5, 5.41) is 3.00. The van der Waals surface area contributed by atoms with Crippen LogP contribution in [0, 0.1) is 6.92 Å². The Morgan fingerprint density at radius 2 is 1.82 bits per heavy atom. The highest BCUT2D eigenvalue weighted by Crippen LogP contribution is 2.36. The third-order valence-corrected chi connectivity index (χ3v) is 5.68. The summed E-state index contributed by atoms with van der Waals surface area (Å²) in [6, 6.07) is 11.5. The predicted octanol–water partition coefficient (Wildman–Crippen LogP) is 3.19. The molecule has 0 atom stereocenters. The number of nitrogens with zero attached hydrogens (tertiary/aromatic N) is 2. The van der Waals surface area contributed by atoms with E-state index in [2.05, 4.69) is 10.3 Å². The van der Waals surface area contributed by atoms with Crippen molar-refractivity contribution in [3.05, 3.63) is 60.0 Å². The van der Waals surface area contributed by atoms with E-state index in [4.69, 9.17) is 9.31 Å². The fourth-order valence-electron chi connectivity index (χ4n) is 3.19. The fraction of sp³-hybridized carbons (Fsp3) is 0.333. The van der Waals surface area contributed by atoms with E-state index in [-0.39, 0.29) is 5.91 Å². The Morgan fingerprint density at radius 1 is 1.11 bits per heavy atom. The number of imidazole rings is 1. The van der Waals surface area contributed by atoms with Crippen molar-refractivity contribution < 1.29 is 14.1 Å². The van der Waals surface area contributed by atoms with E-state index < -0.39 is 18.3 Å². The van der Waals surface area contributed by atoms with E-state index in [1.165, 1.54) is 0 Å². The van der Waals surface area contributed by atoms with Crippen molar-refractivity contribution in [3.8, 4) is 0 Å². The van der Waals surface area contributed by atoms with Gasteiger partial charge in [-0.1, -0.05) is 18.2 Å². The van der Waals surface area contributed by atoms with Gasteiger partial charge in [0.15, 0.2) is 0 Å². The number of hydrogen-bond donors (Lipinski definition) is 1. The number of carbonyl (C=O) groups is 1. The Labute approximate surface area is 165 Å². The number of pyridine rings is 1. The molecule has 1 fully saturated rings. The Morgan fingerprint density at radius 3 is 2.54 bits per heavy atom. The molecule has 0 bridgehead atoms. The molecule has 0 radical (unpaired) electrons. The van der Waals surface area contributed by atoms with Crippen LogP contribution in [0.2, 0.25) is 0 Å². The SMILES string of the molecule is Cc1ccc(B2OC(C)(C)C(C)(C)O2)cc1NC(=O)c1cnc2ccccn12. The average Bonchev–Trinajstić information content (AvgIpc) is 3.15. The maximum absolute atomic E-state index is 12.8. The molecule has 2 aromatic heterocycles. The van der Waals surface area contributed by atoms with E-state index >= 15 is 0 Å². The van der Waals surface area contributed by atoms with Crippen LogP contribution in [-0.4, -0.2) is 33.6 Å². The lowest BCUT2D eigenvalue weighted by molar-refractivity contribution is 0.00578. The molecule has 144 valence electrons. The van der Waals surface area contributed by atoms with Crippen LogP contribution >= 0.6 is 0 Å². The lowest BCUT2D eigenvalue weighted by Crippen LogP contribution is -2.41. The molecular weight excluding hydrogens is 353 g/mol. The normalized spacial score (nSPS) is 17.8. The van der Waals surface area contributed by atoms with E-state index in [0.717, 1.165) is 22.4 Å². The number of nitrogens with one attached hydrogen (secondary N) is 1. The molecule has 1 amide bonds. The maximum Gasteiger partial charge on any atom is 0.494 e. The van der Waals surface area contributed by atoms with Crippen molar-refractivity contribution in [1.82, 2.24) is 9.38 Å². The smallest absolute Gasteiger partial charge is 0.399 e. The highest BCUT2D eigenvalue weighted by molar-refractivity contribution is 6.62. The van der Waals surface area contributed by atoms with Gasteiger partial charge in [0.2, 0.25) is 0 Å². The summed E-state index contributed by atoms with van der Waals surface area (Å²) in [6.45, 7) is 10.0. The molecule has 1 aromatic carbocycles. The first-order valence-electron chi connectivity index (χ1n) is 9.38. The van der Waals surface area contributed by atoms with E-state index in [9.17, 15) is 4.79 Å². The second-order valence-corrected chi connectivity index (χ2v) is 8.19. The largest absolute Gasteiger partial charge is 0.494 e. The number of rotatable bonds is 3. The van der Waals surface area contributed by atoms with Crippen LogP contribution in [0.5, 0.6) is 0 Å². The second-order valence-electron chi connectivity index (χ2n) is 8.19. The number of carbonyl (C=O) groups excluding carboxylic acids is 1. The molecule has 0 unspecified atom stereocenters. The molecule has 3 aromatic rings. The summed E-state index contributed by atoms with van der Waals surface area (Å²) < 4.78 is 14.0. The molecule has 1 N–H and O–H groups in total.